The number of nitrogens with two attached hydrogens (primary N) is 1. The first-order valence-corrected chi connectivity index (χ1v) is 20.2. The maximum absolute atomic E-state index is 12.9. The fraction of sp³-hybridized carbons (Fsp3) is 0.925. The van der Waals surface area contributed by atoms with Crippen molar-refractivity contribution < 1.29 is 38.8 Å². The first kappa shape index (κ1) is 36.2. The molecule has 2 amide bonds. The van der Waals surface area contributed by atoms with Crippen LogP contribution in [0.5, 0.6) is 0 Å². The fourth-order valence-electron chi connectivity index (χ4n) is 14.1. The maximum Gasteiger partial charge on any atom is 0.326 e. The van der Waals surface area contributed by atoms with E-state index < -0.39 is 29.8 Å². The van der Waals surface area contributed by atoms with Crippen molar-refractivity contribution in [1.29, 1.82) is 0 Å². The van der Waals surface area contributed by atoms with Gasteiger partial charge in [-0.15, -0.1) is 0 Å². The van der Waals surface area contributed by atoms with Gasteiger partial charge in [-0.2, -0.15) is 0 Å². The van der Waals surface area contributed by atoms with Crippen molar-refractivity contribution in [1.82, 2.24) is 9.80 Å². The molecule has 11 nitrogen and oxygen atoms in total. The van der Waals surface area contributed by atoms with E-state index in [0.29, 0.717) is 44.4 Å². The van der Waals surface area contributed by atoms with Crippen LogP contribution in [0.25, 0.3) is 0 Å². The third-order valence-electron chi connectivity index (χ3n) is 16.8. The molecule has 0 aromatic heterocycles. The average Bonchev–Trinajstić information content (AvgIpc) is 4.00. The van der Waals surface area contributed by atoms with Crippen LogP contribution >= 0.6 is 0 Å². The summed E-state index contributed by atoms with van der Waals surface area (Å²) >= 11 is 0. The van der Waals surface area contributed by atoms with Gasteiger partial charge in [-0.05, 0) is 122 Å². The van der Waals surface area contributed by atoms with Gasteiger partial charge in [-0.1, -0.05) is 27.7 Å². The zero-order valence-electron chi connectivity index (χ0n) is 31.8. The molecule has 0 aromatic rings. The SMILES string of the molecule is CC(=O)N(CC1CC(C)C2C(O1)C(O)C1(N)C3CCC4C(C)(C)C(OC5CN(C(=O)CC6CC6)CCO5)CCC45CC35CCC21C)C(C)C(=O)O. The van der Waals surface area contributed by atoms with E-state index in [2.05, 4.69) is 27.7 Å². The topological polar surface area (TPSA) is 152 Å². The van der Waals surface area contributed by atoms with E-state index >= 15 is 0 Å². The van der Waals surface area contributed by atoms with Gasteiger partial charge in [-0.25, -0.2) is 4.79 Å². The molecule has 0 radical (unpaired) electrons. The number of rotatable bonds is 8. The highest BCUT2D eigenvalue weighted by Crippen LogP contribution is 2.87. The Balaban J connectivity index is 0.989. The third kappa shape index (κ3) is 5.16. The molecule has 8 rings (SSSR count). The molecular formula is C40H63N3O8. The van der Waals surface area contributed by atoms with E-state index in [9.17, 15) is 24.6 Å². The minimum atomic E-state index is -1.04. The van der Waals surface area contributed by atoms with Crippen LogP contribution < -0.4 is 5.73 Å². The van der Waals surface area contributed by atoms with E-state index in [1.165, 1.54) is 31.6 Å². The van der Waals surface area contributed by atoms with Crippen molar-refractivity contribution in [3.63, 3.8) is 0 Å². The number of carboxylic acids is 1. The van der Waals surface area contributed by atoms with Crippen LogP contribution in [0.4, 0.5) is 0 Å². The number of morpholine rings is 1. The van der Waals surface area contributed by atoms with Crippen LogP contribution in [0.1, 0.15) is 112 Å². The Morgan fingerprint density at radius 2 is 1.75 bits per heavy atom. The van der Waals surface area contributed by atoms with Gasteiger partial charge in [0.1, 0.15) is 6.04 Å². The number of hydrogen-bond donors (Lipinski definition) is 3. The van der Waals surface area contributed by atoms with E-state index in [-0.39, 0.29) is 76.3 Å². The van der Waals surface area contributed by atoms with Crippen molar-refractivity contribution in [3.05, 3.63) is 0 Å². The summed E-state index contributed by atoms with van der Waals surface area (Å²) in [6.07, 6.45) is 9.03. The quantitative estimate of drug-likeness (QED) is 0.337. The van der Waals surface area contributed by atoms with E-state index in [1.807, 2.05) is 4.90 Å². The maximum atomic E-state index is 12.9. The number of aliphatic hydroxyl groups is 1. The second kappa shape index (κ2) is 12.1. The first-order chi connectivity index (χ1) is 24.0. The molecule has 0 bridgehead atoms. The van der Waals surface area contributed by atoms with Gasteiger partial charge in [0, 0.05) is 26.4 Å². The molecule has 2 aliphatic heterocycles. The number of aliphatic hydroxyl groups excluding tert-OH is 1. The largest absolute Gasteiger partial charge is 0.480 e. The van der Waals surface area contributed by atoms with E-state index in [0.717, 1.165) is 44.9 Å². The number of hydrogen-bond acceptors (Lipinski definition) is 8. The smallest absolute Gasteiger partial charge is 0.326 e. The Bertz CT molecular complexity index is 1440. The van der Waals surface area contributed by atoms with Crippen molar-refractivity contribution in [2.24, 2.45) is 57.0 Å². The summed E-state index contributed by atoms with van der Waals surface area (Å²) in [5.41, 5.74) is 6.90. The third-order valence-corrected chi connectivity index (χ3v) is 16.8. The highest BCUT2D eigenvalue weighted by molar-refractivity contribution is 5.82. The number of ether oxygens (including phenoxy) is 3. The second-order valence-electron chi connectivity index (χ2n) is 19.4. The number of carbonyl (C=O) groups excluding carboxylic acids is 2. The lowest BCUT2D eigenvalue weighted by Gasteiger charge is -2.63. The Kier molecular flexibility index (Phi) is 8.59. The highest BCUT2D eigenvalue weighted by Gasteiger charge is 2.85. The van der Waals surface area contributed by atoms with Crippen LogP contribution in [0.15, 0.2) is 0 Å². The van der Waals surface area contributed by atoms with Gasteiger partial charge in [-0.3, -0.25) is 9.59 Å². The molecule has 2 heterocycles. The molecule has 6 saturated carbocycles. The van der Waals surface area contributed by atoms with Gasteiger partial charge in [0.2, 0.25) is 11.8 Å². The van der Waals surface area contributed by atoms with Gasteiger partial charge in [0.15, 0.2) is 6.29 Å². The molecule has 11 heteroatoms. The predicted molar refractivity (Wildman–Crippen MR) is 188 cm³/mol. The van der Waals surface area contributed by atoms with Gasteiger partial charge in [0.05, 0.1) is 43.1 Å². The van der Waals surface area contributed by atoms with Crippen molar-refractivity contribution in [2.45, 2.75) is 154 Å². The van der Waals surface area contributed by atoms with Crippen LogP contribution in [-0.2, 0) is 28.6 Å². The molecule has 8 fully saturated rings. The van der Waals surface area contributed by atoms with Crippen LogP contribution in [0.2, 0.25) is 0 Å². The zero-order chi connectivity index (χ0) is 36.5. The normalized spacial score (nSPS) is 48.6. The minimum absolute atomic E-state index is 0.0519. The van der Waals surface area contributed by atoms with E-state index in [4.69, 9.17) is 19.9 Å². The predicted octanol–water partition coefficient (Wildman–Crippen LogP) is 4.18. The minimum Gasteiger partial charge on any atom is -0.480 e. The average molecular weight is 714 g/mol. The van der Waals surface area contributed by atoms with Crippen molar-refractivity contribution in [3.8, 4) is 0 Å². The van der Waals surface area contributed by atoms with Crippen molar-refractivity contribution >= 4 is 17.8 Å². The van der Waals surface area contributed by atoms with Gasteiger partial charge < -0.3 is 40.0 Å². The van der Waals surface area contributed by atoms with Crippen LogP contribution in [0.3, 0.4) is 0 Å². The lowest BCUT2D eigenvalue weighted by Crippen LogP contribution is -2.70. The number of fused-ring (bicyclic) bond motifs is 4. The molecular weight excluding hydrogens is 650 g/mol. The Morgan fingerprint density at radius 3 is 2.43 bits per heavy atom. The molecule has 6 aliphatic carbocycles. The molecule has 2 spiro atoms. The van der Waals surface area contributed by atoms with Crippen LogP contribution in [-0.4, -0.2) is 106 Å². The summed E-state index contributed by atoms with van der Waals surface area (Å²) in [6.45, 7) is 14.1. The summed E-state index contributed by atoms with van der Waals surface area (Å²) in [5.74, 6) is 0.450. The number of carboxylic acid groups (broad SMARTS) is 1. The summed E-state index contributed by atoms with van der Waals surface area (Å²) < 4.78 is 19.7. The fourth-order valence-corrected chi connectivity index (χ4v) is 14.1. The number of carbonyl (C=O) groups is 3. The molecule has 2 saturated heterocycles. The Hall–Kier alpha value is -1.79. The lowest BCUT2D eigenvalue weighted by atomic mass is 9.43. The second-order valence-corrected chi connectivity index (χ2v) is 19.4. The monoisotopic (exact) mass is 713 g/mol. The van der Waals surface area contributed by atoms with Crippen molar-refractivity contribution in [2.75, 3.05) is 26.2 Å². The standard InChI is InChI=1S/C40H63N3O8/c1-22-17-26(19-43(24(3)44)23(2)35(47)48)50-33-32(22)37(6)13-14-39-21-38(39)12-11-29(36(4,5)27(38)9-10-28(39)40(37,41)34(33)46)51-31-20-42(15-16-49-31)30(45)18-25-7-8-25/h22-23,25-29,31-34,46H,7-21,41H2,1-6H3,(H,47,48). The molecule has 0 aromatic carbocycles. The van der Waals surface area contributed by atoms with Gasteiger partial charge in [0.25, 0.3) is 0 Å². The molecule has 4 N–H and O–H groups in total. The molecule has 14 atom stereocenters. The Morgan fingerprint density at radius 1 is 1.04 bits per heavy atom. The molecule has 8 aliphatic rings. The Labute approximate surface area is 303 Å². The van der Waals surface area contributed by atoms with E-state index in [1.54, 1.807) is 0 Å². The summed E-state index contributed by atoms with van der Waals surface area (Å²) in [6, 6.07) is -0.953. The summed E-state index contributed by atoms with van der Waals surface area (Å²) in [7, 11) is 0. The van der Waals surface area contributed by atoms with Gasteiger partial charge >= 0.3 is 5.97 Å². The van der Waals surface area contributed by atoms with Crippen LogP contribution in [0, 0.1) is 51.2 Å². The number of aliphatic carboxylic acids is 1. The first-order valence-electron chi connectivity index (χ1n) is 20.2. The zero-order valence-corrected chi connectivity index (χ0v) is 31.8. The summed E-state index contributed by atoms with van der Waals surface area (Å²) in [5, 5.41) is 22.1. The number of amides is 2. The molecule has 14 unspecified atom stereocenters. The number of nitrogens with zero attached hydrogens (tertiary/aromatic N) is 2. The molecule has 286 valence electrons. The highest BCUT2D eigenvalue weighted by atomic mass is 16.7. The molecule has 51 heavy (non-hydrogen) atoms. The summed E-state index contributed by atoms with van der Waals surface area (Å²) in [4.78, 5) is 40.6. The lowest BCUT2D eigenvalue weighted by molar-refractivity contribution is -0.245.